The van der Waals surface area contributed by atoms with Crippen molar-refractivity contribution >= 4 is 18.1 Å². The quantitative estimate of drug-likeness (QED) is 0.0876. The minimum atomic E-state index is -0.835. The Balaban J connectivity index is 1.44. The minimum absolute atomic E-state index is 0.00731. The Hall–Kier alpha value is -2.88. The van der Waals surface area contributed by atoms with Crippen LogP contribution in [0.5, 0.6) is 0 Å². The lowest BCUT2D eigenvalue weighted by Gasteiger charge is -2.19. The van der Waals surface area contributed by atoms with E-state index >= 15 is 0 Å². The molecule has 0 spiro atoms. The molecule has 10 nitrogen and oxygen atoms in total. The van der Waals surface area contributed by atoms with E-state index in [0.29, 0.717) is 24.3 Å². The van der Waals surface area contributed by atoms with Gasteiger partial charge in [-0.3, -0.25) is 4.79 Å². The highest BCUT2D eigenvalue weighted by molar-refractivity contribution is 5.90. The maximum absolute atomic E-state index is 12.5. The molecule has 0 aliphatic carbocycles. The Labute approximate surface area is 258 Å². The molecule has 2 atom stereocenters. The SMILES string of the molecule is CCCCCCCCCCCCCCCCCNC(=O)OC[C@@H]1CO[C@@H](COC(=O)N(Cc2cccc[n+]2[O-])C(C)=O)C1. The molecule has 2 heterocycles. The molecular formula is C33H55N3O7. The molecule has 1 saturated heterocycles. The molecular weight excluding hydrogens is 550 g/mol. The van der Waals surface area contributed by atoms with Crippen molar-refractivity contribution in [3.63, 3.8) is 0 Å². The first-order chi connectivity index (χ1) is 20.9. The lowest BCUT2D eigenvalue weighted by molar-refractivity contribution is -0.614. The number of imide groups is 1. The van der Waals surface area contributed by atoms with E-state index in [1.807, 2.05) is 0 Å². The monoisotopic (exact) mass is 605 g/mol. The van der Waals surface area contributed by atoms with Crippen molar-refractivity contribution in [3.05, 3.63) is 35.3 Å². The number of alkyl carbamates (subject to hydrolysis) is 1. The number of aromatic nitrogens is 1. The van der Waals surface area contributed by atoms with Crippen LogP contribution in [0.4, 0.5) is 9.59 Å². The Morgan fingerprint density at radius 2 is 1.51 bits per heavy atom. The topological polar surface area (TPSA) is 121 Å². The molecule has 1 aliphatic heterocycles. The molecule has 0 aromatic carbocycles. The average Bonchev–Trinajstić information content (AvgIpc) is 3.46. The molecule has 1 N–H and O–H groups in total. The van der Waals surface area contributed by atoms with Gasteiger partial charge in [0.25, 0.3) is 0 Å². The third-order valence-corrected chi connectivity index (χ3v) is 7.88. The minimum Gasteiger partial charge on any atom is -0.618 e. The summed E-state index contributed by atoms with van der Waals surface area (Å²) in [6.45, 7) is 4.52. The van der Waals surface area contributed by atoms with Gasteiger partial charge in [0.05, 0.1) is 19.3 Å². The average molecular weight is 606 g/mol. The van der Waals surface area contributed by atoms with Crippen molar-refractivity contribution in [1.29, 1.82) is 0 Å². The maximum Gasteiger partial charge on any atom is 0.417 e. The van der Waals surface area contributed by atoms with Gasteiger partial charge in [-0.25, -0.2) is 14.5 Å². The van der Waals surface area contributed by atoms with Gasteiger partial charge in [0, 0.05) is 31.5 Å². The Morgan fingerprint density at radius 3 is 2.09 bits per heavy atom. The van der Waals surface area contributed by atoms with E-state index in [9.17, 15) is 19.6 Å². The Bertz CT molecular complexity index is 930. The summed E-state index contributed by atoms with van der Waals surface area (Å²) in [5.74, 6) is -0.518. The van der Waals surface area contributed by atoms with Crippen molar-refractivity contribution < 1.29 is 33.3 Å². The molecule has 43 heavy (non-hydrogen) atoms. The van der Waals surface area contributed by atoms with Crippen molar-refractivity contribution in [1.82, 2.24) is 10.2 Å². The summed E-state index contributed by atoms with van der Waals surface area (Å²) in [5.41, 5.74) is 0.252. The number of hydrogen-bond acceptors (Lipinski definition) is 7. The number of carbonyl (C=O) groups is 3. The van der Waals surface area contributed by atoms with Crippen molar-refractivity contribution in [2.24, 2.45) is 5.92 Å². The lowest BCUT2D eigenvalue weighted by atomic mass is 10.0. The zero-order chi connectivity index (χ0) is 31.1. The summed E-state index contributed by atoms with van der Waals surface area (Å²) in [4.78, 5) is 37.4. The first kappa shape index (κ1) is 36.3. The van der Waals surface area contributed by atoms with Gasteiger partial charge in [0.15, 0.2) is 6.20 Å². The van der Waals surface area contributed by atoms with Crippen molar-refractivity contribution in [3.8, 4) is 0 Å². The number of pyridine rings is 1. The second-order valence-corrected chi connectivity index (χ2v) is 11.7. The standard InChI is InChI=1S/C33H55N3O7/c1-3-4-5-6-7-8-9-10-11-12-13-14-15-16-18-21-34-32(38)42-26-29-23-31(41-25-29)27-43-33(39)35(28(2)37)24-30-20-17-19-22-36(30)40/h17,19-20,22,29,31H,3-16,18,21,23-27H2,1-2H3,(H,34,38)/t29-,31+/m0/s1. The highest BCUT2D eigenvalue weighted by Gasteiger charge is 2.29. The fraction of sp³-hybridized carbons (Fsp3) is 0.758. The van der Waals surface area contributed by atoms with Gasteiger partial charge in [0.1, 0.15) is 13.2 Å². The van der Waals surface area contributed by atoms with Crippen LogP contribution in [0.1, 0.15) is 122 Å². The molecule has 3 amide bonds. The molecule has 1 aliphatic rings. The van der Waals surface area contributed by atoms with Gasteiger partial charge >= 0.3 is 12.2 Å². The molecule has 0 radical (unpaired) electrons. The number of rotatable bonds is 22. The van der Waals surface area contributed by atoms with Gasteiger partial charge in [-0.05, 0) is 18.9 Å². The van der Waals surface area contributed by atoms with Crippen LogP contribution in [0.3, 0.4) is 0 Å². The molecule has 1 aromatic heterocycles. The third kappa shape index (κ3) is 16.5. The first-order valence-corrected chi connectivity index (χ1v) is 16.5. The molecule has 0 unspecified atom stereocenters. The second kappa shape index (κ2) is 22.6. The van der Waals surface area contributed by atoms with Gasteiger partial charge in [-0.15, -0.1) is 0 Å². The van der Waals surface area contributed by atoms with Crippen LogP contribution < -0.4 is 10.0 Å². The van der Waals surface area contributed by atoms with E-state index in [-0.39, 0.29) is 37.5 Å². The van der Waals surface area contributed by atoms with Gasteiger partial charge in [-0.2, -0.15) is 4.73 Å². The highest BCUT2D eigenvalue weighted by Crippen LogP contribution is 2.21. The molecule has 0 bridgehead atoms. The van der Waals surface area contributed by atoms with Crippen LogP contribution in [-0.2, 0) is 25.5 Å². The first-order valence-electron chi connectivity index (χ1n) is 16.5. The zero-order valence-electron chi connectivity index (χ0n) is 26.6. The molecule has 1 fully saturated rings. The zero-order valence-corrected chi connectivity index (χ0v) is 26.6. The second-order valence-electron chi connectivity index (χ2n) is 11.7. The van der Waals surface area contributed by atoms with Crippen molar-refractivity contribution in [2.75, 3.05) is 26.4 Å². The van der Waals surface area contributed by atoms with Gasteiger partial charge in [-0.1, -0.05) is 96.8 Å². The van der Waals surface area contributed by atoms with E-state index in [1.165, 1.54) is 103 Å². The van der Waals surface area contributed by atoms with E-state index in [1.54, 1.807) is 12.1 Å². The smallest absolute Gasteiger partial charge is 0.417 e. The predicted molar refractivity (Wildman–Crippen MR) is 165 cm³/mol. The summed E-state index contributed by atoms with van der Waals surface area (Å²) in [6.07, 6.45) is 19.9. The number of amides is 3. The molecule has 10 heteroatoms. The Kier molecular flexibility index (Phi) is 19.1. The number of unbranched alkanes of at least 4 members (excludes halogenated alkanes) is 14. The number of hydrogen-bond donors (Lipinski definition) is 1. The van der Waals surface area contributed by atoms with Crippen LogP contribution in [0.2, 0.25) is 0 Å². The summed E-state index contributed by atoms with van der Waals surface area (Å²) < 4.78 is 16.9. The van der Waals surface area contributed by atoms with E-state index in [0.717, 1.165) is 17.7 Å². The van der Waals surface area contributed by atoms with E-state index < -0.39 is 18.1 Å². The van der Waals surface area contributed by atoms with E-state index in [4.69, 9.17) is 14.2 Å². The van der Waals surface area contributed by atoms with Gasteiger partial charge < -0.3 is 24.7 Å². The maximum atomic E-state index is 12.5. The summed E-state index contributed by atoms with van der Waals surface area (Å²) >= 11 is 0. The van der Waals surface area contributed by atoms with Crippen LogP contribution in [-0.4, -0.2) is 55.5 Å². The fourth-order valence-corrected chi connectivity index (χ4v) is 5.24. The lowest BCUT2D eigenvalue weighted by Crippen LogP contribution is -2.41. The number of ether oxygens (including phenoxy) is 3. The summed E-state index contributed by atoms with van der Waals surface area (Å²) in [7, 11) is 0. The highest BCUT2D eigenvalue weighted by atomic mass is 16.6. The third-order valence-electron chi connectivity index (χ3n) is 7.88. The van der Waals surface area contributed by atoms with Crippen molar-refractivity contribution in [2.45, 2.75) is 129 Å². The largest absolute Gasteiger partial charge is 0.618 e. The van der Waals surface area contributed by atoms with E-state index in [2.05, 4.69) is 12.2 Å². The van der Waals surface area contributed by atoms with Crippen LogP contribution >= 0.6 is 0 Å². The Morgan fingerprint density at radius 1 is 0.907 bits per heavy atom. The predicted octanol–water partition coefficient (Wildman–Crippen LogP) is 6.81. The molecule has 0 saturated carbocycles. The molecule has 244 valence electrons. The number of nitrogens with one attached hydrogen (secondary N) is 1. The molecule has 2 rings (SSSR count). The summed E-state index contributed by atoms with van der Waals surface area (Å²) in [6, 6.07) is 4.76. The number of carbonyl (C=O) groups excluding carboxylic acids is 3. The normalized spacial score (nSPS) is 16.1. The number of nitrogens with zero attached hydrogens (tertiary/aromatic N) is 2. The van der Waals surface area contributed by atoms with Gasteiger partial charge in [0.2, 0.25) is 11.6 Å². The molecule has 1 aromatic rings. The van der Waals surface area contributed by atoms with Crippen LogP contribution in [0.25, 0.3) is 0 Å². The van der Waals surface area contributed by atoms with Crippen LogP contribution in [0.15, 0.2) is 24.4 Å². The summed E-state index contributed by atoms with van der Waals surface area (Å²) in [5, 5.41) is 14.7. The van der Waals surface area contributed by atoms with Crippen LogP contribution in [0, 0.1) is 11.1 Å². The fourth-order valence-electron chi connectivity index (χ4n) is 5.24.